The molecule has 1 saturated carbocycles. The van der Waals surface area contributed by atoms with E-state index in [4.69, 9.17) is 0 Å². The Hall–Kier alpha value is -0.290. The van der Waals surface area contributed by atoms with E-state index in [-0.39, 0.29) is 24.4 Å². The van der Waals surface area contributed by atoms with Crippen molar-refractivity contribution in [3.05, 3.63) is 0 Å². The Labute approximate surface area is 113 Å². The van der Waals surface area contributed by atoms with E-state index in [0.29, 0.717) is 13.1 Å². The van der Waals surface area contributed by atoms with E-state index >= 15 is 0 Å². The third kappa shape index (κ3) is 2.40. The van der Waals surface area contributed by atoms with Gasteiger partial charge in [0.15, 0.2) is 0 Å². The first kappa shape index (κ1) is 15.1. The van der Waals surface area contributed by atoms with Crippen LogP contribution in [0.1, 0.15) is 52.9 Å². The van der Waals surface area contributed by atoms with Crippen molar-refractivity contribution in [1.29, 1.82) is 0 Å². The van der Waals surface area contributed by atoms with Crippen LogP contribution in [0.25, 0.3) is 0 Å². The second kappa shape index (κ2) is 4.92. The first-order chi connectivity index (χ1) is 8.84. The van der Waals surface area contributed by atoms with Crippen molar-refractivity contribution < 1.29 is 13.2 Å². The molecule has 2 nitrogen and oxygen atoms in total. The number of nitrogens with one attached hydrogen (secondary N) is 1. The molecular weight excluding hydrogens is 253 g/mol. The largest absolute Gasteiger partial charge is 0.406 e. The Morgan fingerprint density at radius 2 is 1.74 bits per heavy atom. The highest BCUT2D eigenvalue weighted by atomic mass is 19.4. The van der Waals surface area contributed by atoms with E-state index in [2.05, 4.69) is 19.2 Å². The highest BCUT2D eigenvalue weighted by Gasteiger charge is 2.68. The normalized spacial score (nSPS) is 30.3. The van der Waals surface area contributed by atoms with Gasteiger partial charge in [-0.25, -0.2) is 0 Å². The number of hydrogen-bond donors (Lipinski definition) is 1. The van der Waals surface area contributed by atoms with Gasteiger partial charge in [0.05, 0.1) is 0 Å². The first-order valence-electron chi connectivity index (χ1n) is 7.42. The SMILES string of the molecule is CCC1CNC(CC)(CC)CN1C1(C(F)(F)F)CC1. The van der Waals surface area contributed by atoms with Crippen LogP contribution in [-0.2, 0) is 0 Å². The molecule has 0 aromatic carbocycles. The second-order valence-corrected chi connectivity index (χ2v) is 6.09. The van der Waals surface area contributed by atoms with Gasteiger partial charge in [0.25, 0.3) is 0 Å². The van der Waals surface area contributed by atoms with Crippen LogP contribution < -0.4 is 5.32 Å². The van der Waals surface area contributed by atoms with Crippen molar-refractivity contribution in [3.63, 3.8) is 0 Å². The molecule has 0 amide bonds. The number of halogens is 3. The lowest BCUT2D eigenvalue weighted by Crippen LogP contribution is -2.68. The molecule has 1 saturated heterocycles. The molecule has 2 rings (SSSR count). The Bertz CT molecular complexity index is 319. The third-order valence-corrected chi connectivity index (χ3v) is 5.25. The number of alkyl halides is 3. The van der Waals surface area contributed by atoms with Crippen molar-refractivity contribution in [2.45, 2.75) is 76.2 Å². The summed E-state index contributed by atoms with van der Waals surface area (Å²) >= 11 is 0. The predicted molar refractivity (Wildman–Crippen MR) is 70.1 cm³/mol. The van der Waals surface area contributed by atoms with Gasteiger partial charge >= 0.3 is 6.18 Å². The fraction of sp³-hybridized carbons (Fsp3) is 1.00. The third-order valence-electron chi connectivity index (χ3n) is 5.25. The summed E-state index contributed by atoms with van der Waals surface area (Å²) in [6.45, 7) is 7.31. The molecule has 1 aliphatic carbocycles. The number of piperazine rings is 1. The van der Waals surface area contributed by atoms with Gasteiger partial charge in [0.1, 0.15) is 5.54 Å². The van der Waals surface area contributed by atoms with Gasteiger partial charge in [-0.05, 0) is 32.1 Å². The lowest BCUT2D eigenvalue weighted by atomic mass is 9.86. The zero-order valence-electron chi connectivity index (χ0n) is 12.1. The minimum atomic E-state index is -4.09. The highest BCUT2D eigenvalue weighted by Crippen LogP contribution is 2.55. The molecule has 1 N–H and O–H groups in total. The summed E-state index contributed by atoms with van der Waals surface area (Å²) in [5.74, 6) is 0. The summed E-state index contributed by atoms with van der Waals surface area (Å²) in [5, 5.41) is 3.51. The maximum Gasteiger partial charge on any atom is 0.406 e. The fourth-order valence-electron chi connectivity index (χ4n) is 3.40. The smallest absolute Gasteiger partial charge is 0.308 e. The van der Waals surface area contributed by atoms with Crippen molar-refractivity contribution >= 4 is 0 Å². The Morgan fingerprint density at radius 3 is 2.11 bits per heavy atom. The lowest BCUT2D eigenvalue weighted by molar-refractivity contribution is -0.209. The van der Waals surface area contributed by atoms with Gasteiger partial charge in [-0.2, -0.15) is 13.2 Å². The molecule has 112 valence electrons. The molecule has 1 heterocycles. The average molecular weight is 278 g/mol. The fourth-order valence-corrected chi connectivity index (χ4v) is 3.40. The summed E-state index contributed by atoms with van der Waals surface area (Å²) < 4.78 is 40.2. The van der Waals surface area contributed by atoms with Crippen molar-refractivity contribution in [1.82, 2.24) is 10.2 Å². The van der Waals surface area contributed by atoms with Gasteiger partial charge in [0, 0.05) is 24.7 Å². The predicted octanol–water partition coefficient (Wildman–Crippen LogP) is 3.32. The van der Waals surface area contributed by atoms with Crippen LogP contribution in [0.2, 0.25) is 0 Å². The van der Waals surface area contributed by atoms with E-state index in [1.807, 2.05) is 6.92 Å². The first-order valence-corrected chi connectivity index (χ1v) is 7.42. The molecule has 0 radical (unpaired) electrons. The summed E-state index contributed by atoms with van der Waals surface area (Å²) in [6, 6.07) is 0.00958. The minimum Gasteiger partial charge on any atom is -0.308 e. The molecule has 0 bridgehead atoms. The quantitative estimate of drug-likeness (QED) is 0.848. The van der Waals surface area contributed by atoms with Crippen molar-refractivity contribution in [3.8, 4) is 0 Å². The molecule has 5 heteroatoms. The molecule has 19 heavy (non-hydrogen) atoms. The lowest BCUT2D eigenvalue weighted by Gasteiger charge is -2.51. The summed E-state index contributed by atoms with van der Waals surface area (Å²) in [5.41, 5.74) is -1.67. The molecule has 1 atom stereocenters. The average Bonchev–Trinajstić information content (AvgIpc) is 3.19. The van der Waals surface area contributed by atoms with Crippen LogP contribution >= 0.6 is 0 Å². The van der Waals surface area contributed by atoms with Crippen LogP contribution in [0.3, 0.4) is 0 Å². The van der Waals surface area contributed by atoms with Gasteiger partial charge in [-0.1, -0.05) is 20.8 Å². The van der Waals surface area contributed by atoms with Gasteiger partial charge in [-0.15, -0.1) is 0 Å². The van der Waals surface area contributed by atoms with Crippen LogP contribution in [0.5, 0.6) is 0 Å². The Morgan fingerprint density at radius 1 is 1.16 bits per heavy atom. The zero-order valence-corrected chi connectivity index (χ0v) is 12.1. The molecule has 1 unspecified atom stereocenters. The van der Waals surface area contributed by atoms with E-state index in [1.165, 1.54) is 0 Å². The molecule has 2 fully saturated rings. The van der Waals surface area contributed by atoms with Crippen LogP contribution in [0.15, 0.2) is 0 Å². The summed E-state index contributed by atoms with van der Waals surface area (Å²) in [6.07, 6.45) is -1.01. The number of hydrogen-bond acceptors (Lipinski definition) is 2. The van der Waals surface area contributed by atoms with E-state index in [1.54, 1.807) is 4.90 Å². The van der Waals surface area contributed by atoms with Crippen LogP contribution in [-0.4, -0.2) is 41.3 Å². The standard InChI is InChI=1S/C14H25F3N2/c1-4-11-9-18-12(5-2,6-3)10-19(11)13(7-8-13)14(15,16)17/h11,18H,4-10H2,1-3H3. The zero-order chi connectivity index (χ0) is 14.3. The maximum absolute atomic E-state index is 13.4. The highest BCUT2D eigenvalue weighted by molar-refractivity contribution is 5.14. The van der Waals surface area contributed by atoms with Crippen molar-refractivity contribution in [2.75, 3.05) is 13.1 Å². The maximum atomic E-state index is 13.4. The topological polar surface area (TPSA) is 15.3 Å². The van der Waals surface area contributed by atoms with E-state index < -0.39 is 11.7 Å². The number of nitrogens with zero attached hydrogens (tertiary/aromatic N) is 1. The molecule has 0 spiro atoms. The summed E-state index contributed by atoms with van der Waals surface area (Å²) in [7, 11) is 0. The Kier molecular flexibility index (Phi) is 3.91. The van der Waals surface area contributed by atoms with E-state index in [9.17, 15) is 13.2 Å². The molecule has 1 aliphatic heterocycles. The summed E-state index contributed by atoms with van der Waals surface area (Å²) in [4.78, 5) is 1.77. The minimum absolute atomic E-state index is 0.00958. The number of rotatable bonds is 4. The monoisotopic (exact) mass is 278 g/mol. The van der Waals surface area contributed by atoms with Crippen LogP contribution in [0, 0.1) is 0 Å². The Balaban J connectivity index is 2.25. The molecule has 2 aliphatic rings. The van der Waals surface area contributed by atoms with Gasteiger partial charge < -0.3 is 5.32 Å². The second-order valence-electron chi connectivity index (χ2n) is 6.09. The van der Waals surface area contributed by atoms with E-state index in [0.717, 1.165) is 19.3 Å². The van der Waals surface area contributed by atoms with Crippen LogP contribution in [0.4, 0.5) is 13.2 Å². The molecule has 0 aromatic heterocycles. The van der Waals surface area contributed by atoms with Crippen molar-refractivity contribution in [2.24, 2.45) is 0 Å². The molecular formula is C14H25F3N2. The van der Waals surface area contributed by atoms with Gasteiger partial charge in [0.2, 0.25) is 0 Å². The van der Waals surface area contributed by atoms with Gasteiger partial charge in [-0.3, -0.25) is 4.90 Å². The molecule has 0 aromatic rings.